The Morgan fingerprint density at radius 1 is 1.10 bits per heavy atom. The fourth-order valence-electron chi connectivity index (χ4n) is 5.38. The summed E-state index contributed by atoms with van der Waals surface area (Å²) in [5.74, 6) is 0.218. The summed E-state index contributed by atoms with van der Waals surface area (Å²) < 4.78 is 0. The molecule has 0 spiro atoms. The van der Waals surface area contributed by atoms with Gasteiger partial charge in [-0.25, -0.2) is 0 Å². The van der Waals surface area contributed by atoms with E-state index in [4.69, 9.17) is 0 Å². The van der Waals surface area contributed by atoms with Crippen molar-refractivity contribution in [3.63, 3.8) is 0 Å². The molecule has 5 rings (SSSR count). The van der Waals surface area contributed by atoms with Crippen LogP contribution >= 0.6 is 11.3 Å². The summed E-state index contributed by atoms with van der Waals surface area (Å²) >= 11 is 1.80. The van der Waals surface area contributed by atoms with Gasteiger partial charge in [0.15, 0.2) is 0 Å². The molecule has 1 N–H and O–H groups in total. The maximum absolute atomic E-state index is 13.4. The number of rotatable bonds is 4. The molecule has 2 saturated heterocycles. The van der Waals surface area contributed by atoms with Crippen molar-refractivity contribution in [3.05, 3.63) is 57.8 Å². The van der Waals surface area contributed by atoms with E-state index in [0.717, 1.165) is 52.0 Å². The first kappa shape index (κ1) is 20.2. The maximum atomic E-state index is 13.4. The summed E-state index contributed by atoms with van der Waals surface area (Å²) in [4.78, 5) is 21.7. The molecule has 0 bridgehead atoms. The SMILES string of the molecule is O=C([C@@H]1C[C@@H](O)CN1C1CCN(Cc2ccccc2)CC1)N1CCc2sccc2C1. The van der Waals surface area contributed by atoms with Crippen molar-refractivity contribution >= 4 is 17.2 Å². The number of β-amino-alcohol motifs (C(OH)–C–C–N with tert-alkyl or cyclic N) is 1. The zero-order valence-electron chi connectivity index (χ0n) is 17.4. The number of aliphatic hydroxyl groups excluding tert-OH is 1. The van der Waals surface area contributed by atoms with Gasteiger partial charge in [-0.2, -0.15) is 0 Å². The van der Waals surface area contributed by atoms with Crippen LogP contribution in [0.4, 0.5) is 0 Å². The van der Waals surface area contributed by atoms with E-state index in [9.17, 15) is 9.90 Å². The quantitative estimate of drug-likeness (QED) is 0.818. The monoisotopic (exact) mass is 425 g/mol. The lowest BCUT2D eigenvalue weighted by Crippen LogP contribution is -2.52. The Morgan fingerprint density at radius 3 is 2.70 bits per heavy atom. The van der Waals surface area contributed by atoms with Gasteiger partial charge < -0.3 is 10.0 Å². The van der Waals surface area contributed by atoms with E-state index < -0.39 is 0 Å². The minimum Gasteiger partial charge on any atom is -0.392 e. The van der Waals surface area contributed by atoms with Gasteiger partial charge in [0, 0.05) is 37.1 Å². The number of hydrogen-bond donors (Lipinski definition) is 1. The van der Waals surface area contributed by atoms with Crippen LogP contribution in [-0.2, 0) is 24.3 Å². The maximum Gasteiger partial charge on any atom is 0.240 e. The van der Waals surface area contributed by atoms with Gasteiger partial charge in [-0.05, 0) is 61.3 Å². The summed E-state index contributed by atoms with van der Waals surface area (Å²) in [5, 5.41) is 12.5. The second-order valence-electron chi connectivity index (χ2n) is 8.97. The highest BCUT2D eigenvalue weighted by Gasteiger charge is 2.42. The lowest BCUT2D eigenvalue weighted by atomic mass is 10.0. The highest BCUT2D eigenvalue weighted by Crippen LogP contribution is 2.30. The first-order valence-corrected chi connectivity index (χ1v) is 12.1. The van der Waals surface area contributed by atoms with Crippen LogP contribution in [0.2, 0.25) is 0 Å². The van der Waals surface area contributed by atoms with Gasteiger partial charge in [0.1, 0.15) is 0 Å². The van der Waals surface area contributed by atoms with Gasteiger partial charge in [0.05, 0.1) is 12.1 Å². The highest BCUT2D eigenvalue weighted by atomic mass is 32.1. The Morgan fingerprint density at radius 2 is 1.90 bits per heavy atom. The minimum absolute atomic E-state index is 0.161. The van der Waals surface area contributed by atoms with Gasteiger partial charge >= 0.3 is 0 Å². The van der Waals surface area contributed by atoms with Gasteiger partial charge in [0.2, 0.25) is 5.91 Å². The third-order valence-corrected chi connectivity index (χ3v) is 8.02. The van der Waals surface area contributed by atoms with Gasteiger partial charge in [-0.1, -0.05) is 30.3 Å². The topological polar surface area (TPSA) is 47.0 Å². The molecule has 5 nitrogen and oxygen atoms in total. The Labute approximate surface area is 182 Å². The molecule has 3 aliphatic heterocycles. The summed E-state index contributed by atoms with van der Waals surface area (Å²) in [6.07, 6.45) is 3.29. The Kier molecular flexibility index (Phi) is 5.92. The Hall–Kier alpha value is -1.73. The highest BCUT2D eigenvalue weighted by molar-refractivity contribution is 7.10. The molecule has 160 valence electrons. The minimum atomic E-state index is -0.386. The molecule has 1 amide bonds. The number of carbonyl (C=O) groups is 1. The number of fused-ring (bicyclic) bond motifs is 1. The zero-order chi connectivity index (χ0) is 20.5. The number of piperidine rings is 1. The van der Waals surface area contributed by atoms with Crippen LogP contribution in [0.5, 0.6) is 0 Å². The van der Waals surface area contributed by atoms with Crippen molar-refractivity contribution in [3.8, 4) is 0 Å². The van der Waals surface area contributed by atoms with Crippen molar-refractivity contribution in [1.82, 2.24) is 14.7 Å². The first-order valence-electron chi connectivity index (χ1n) is 11.2. The smallest absolute Gasteiger partial charge is 0.240 e. The third kappa shape index (κ3) is 4.19. The summed E-state index contributed by atoms with van der Waals surface area (Å²) in [6, 6.07) is 13.0. The molecular formula is C24H31N3O2S. The van der Waals surface area contributed by atoms with Crippen LogP contribution in [0.1, 0.15) is 35.3 Å². The number of aliphatic hydroxyl groups is 1. The van der Waals surface area contributed by atoms with Crippen LogP contribution in [0, 0.1) is 0 Å². The van der Waals surface area contributed by atoms with Gasteiger partial charge in [0.25, 0.3) is 0 Å². The van der Waals surface area contributed by atoms with Crippen molar-refractivity contribution in [2.75, 3.05) is 26.2 Å². The number of likely N-dealkylation sites (tertiary alicyclic amines) is 2. The van der Waals surface area contributed by atoms with Gasteiger partial charge in [-0.3, -0.25) is 14.6 Å². The lowest BCUT2D eigenvalue weighted by molar-refractivity contribution is -0.138. The lowest BCUT2D eigenvalue weighted by Gasteiger charge is -2.40. The van der Waals surface area contributed by atoms with Crippen LogP contribution < -0.4 is 0 Å². The molecule has 0 unspecified atom stereocenters. The van der Waals surface area contributed by atoms with Crippen molar-refractivity contribution in [2.24, 2.45) is 0 Å². The van der Waals surface area contributed by atoms with E-state index in [1.54, 1.807) is 11.3 Å². The van der Waals surface area contributed by atoms with Crippen LogP contribution in [0.3, 0.4) is 0 Å². The normalized spacial score (nSPS) is 26.1. The predicted molar refractivity (Wildman–Crippen MR) is 119 cm³/mol. The number of carbonyl (C=O) groups excluding carboxylic acids is 1. The molecule has 2 aromatic rings. The zero-order valence-corrected chi connectivity index (χ0v) is 18.3. The summed E-state index contributed by atoms with van der Waals surface area (Å²) in [7, 11) is 0. The van der Waals surface area contributed by atoms with Crippen LogP contribution in [0.25, 0.3) is 0 Å². The molecule has 2 fully saturated rings. The first-order chi connectivity index (χ1) is 14.7. The number of amides is 1. The molecule has 6 heteroatoms. The molecule has 30 heavy (non-hydrogen) atoms. The fraction of sp³-hybridized carbons (Fsp3) is 0.542. The molecule has 3 aliphatic rings. The molecule has 4 heterocycles. The van der Waals surface area contributed by atoms with E-state index in [1.165, 1.54) is 16.0 Å². The standard InChI is InChI=1S/C24H31N3O2S/c28-21-14-22(24(29)26-12-8-23-19(16-26)9-13-30-23)27(17-21)20-6-10-25(11-7-20)15-18-4-2-1-3-5-18/h1-5,9,13,20-22,28H,6-8,10-12,14-17H2/t21-,22+/m1/s1. The Balaban J connectivity index is 1.20. The molecule has 0 aliphatic carbocycles. The number of thiophene rings is 1. The number of hydrogen-bond acceptors (Lipinski definition) is 5. The molecule has 1 aromatic heterocycles. The van der Waals surface area contributed by atoms with Crippen molar-refractivity contribution < 1.29 is 9.90 Å². The van der Waals surface area contributed by atoms with Crippen LogP contribution in [-0.4, -0.2) is 70.1 Å². The van der Waals surface area contributed by atoms with E-state index in [-0.39, 0.29) is 18.1 Å². The average molecular weight is 426 g/mol. The largest absolute Gasteiger partial charge is 0.392 e. The van der Waals surface area contributed by atoms with Gasteiger partial charge in [-0.15, -0.1) is 11.3 Å². The number of nitrogens with zero attached hydrogens (tertiary/aromatic N) is 3. The van der Waals surface area contributed by atoms with E-state index in [2.05, 4.69) is 51.6 Å². The molecular weight excluding hydrogens is 394 g/mol. The molecule has 1 aromatic carbocycles. The van der Waals surface area contributed by atoms with E-state index >= 15 is 0 Å². The average Bonchev–Trinajstić information content (AvgIpc) is 3.40. The second-order valence-corrected chi connectivity index (χ2v) is 9.97. The predicted octanol–water partition coefficient (Wildman–Crippen LogP) is 2.73. The summed E-state index contributed by atoms with van der Waals surface area (Å²) in [6.45, 7) is 5.27. The van der Waals surface area contributed by atoms with E-state index in [0.29, 0.717) is 19.0 Å². The number of benzene rings is 1. The summed E-state index contributed by atoms with van der Waals surface area (Å²) in [5.41, 5.74) is 2.66. The van der Waals surface area contributed by atoms with Crippen molar-refractivity contribution in [2.45, 2.75) is 57.0 Å². The fourth-order valence-corrected chi connectivity index (χ4v) is 6.27. The Bertz CT molecular complexity index is 862. The second kappa shape index (κ2) is 8.79. The molecule has 0 radical (unpaired) electrons. The molecule has 2 atom stereocenters. The van der Waals surface area contributed by atoms with E-state index in [1.807, 2.05) is 4.90 Å². The third-order valence-electron chi connectivity index (χ3n) is 7.00. The molecule has 0 saturated carbocycles. The van der Waals surface area contributed by atoms with Crippen LogP contribution in [0.15, 0.2) is 41.8 Å². The van der Waals surface area contributed by atoms with Crippen molar-refractivity contribution in [1.29, 1.82) is 0 Å².